The van der Waals surface area contributed by atoms with Gasteiger partial charge >= 0.3 is 23.9 Å². The summed E-state index contributed by atoms with van der Waals surface area (Å²) in [6.45, 7) is 3.44. The highest BCUT2D eigenvalue weighted by atomic mass is 16.6. The predicted molar refractivity (Wildman–Crippen MR) is 367 cm³/mol. The van der Waals surface area contributed by atoms with Gasteiger partial charge in [-0.15, -0.1) is 0 Å². The number of carbonyl (C=O) groups excluding carboxylic acids is 12. The van der Waals surface area contributed by atoms with Crippen molar-refractivity contribution in [3.63, 3.8) is 0 Å². The quantitative estimate of drug-likeness (QED) is 0.0149. The molecule has 0 aliphatic carbocycles. The van der Waals surface area contributed by atoms with Gasteiger partial charge in [-0.2, -0.15) is 0 Å². The molecule has 4 aliphatic rings. The minimum atomic E-state index is -2.44. The summed E-state index contributed by atoms with van der Waals surface area (Å²) in [4.78, 5) is 196. The van der Waals surface area contributed by atoms with Crippen LogP contribution in [0.15, 0.2) is 82.4 Å². The number of aliphatic hydroxyl groups excluding tert-OH is 4. The Morgan fingerprint density at radius 3 is 1.52 bits per heavy atom. The number of benzene rings is 2. The number of aromatic nitrogens is 4. The molecule has 0 saturated heterocycles. The predicted octanol–water partition coefficient (Wildman–Crippen LogP) is 0.559. The Balaban J connectivity index is 0.652. The number of nitrogens with one attached hydrogen (secondary N) is 5. The number of cyclic esters (lactones) is 2. The molecule has 32 nitrogen and oxygen atoms in total. The van der Waals surface area contributed by atoms with Crippen LogP contribution in [0.3, 0.4) is 0 Å². The molecule has 105 heavy (non-hydrogen) atoms. The molecule has 556 valence electrons. The summed E-state index contributed by atoms with van der Waals surface area (Å²) in [5, 5.41) is 56.3. The number of hydrogen-bond acceptors (Lipinski definition) is 25. The van der Waals surface area contributed by atoms with E-state index in [-0.39, 0.29) is 119 Å². The van der Waals surface area contributed by atoms with E-state index in [0.717, 1.165) is 21.9 Å². The summed E-state index contributed by atoms with van der Waals surface area (Å²) in [5.74, 6) is -11.3. The highest BCUT2D eigenvalue weighted by Crippen LogP contribution is 2.43. The highest BCUT2D eigenvalue weighted by Gasteiger charge is 2.52. The fourth-order valence-electron chi connectivity index (χ4n) is 13.2. The largest absolute Gasteiger partial charge is 0.457 e. The average Bonchev–Trinajstić information content (AvgIpc) is 1.67. The second kappa shape index (κ2) is 33.3. The molecule has 4 aliphatic heterocycles. The fourth-order valence-corrected chi connectivity index (χ4v) is 13.2. The lowest BCUT2D eigenvalue weighted by atomic mass is 9.85. The molecule has 0 spiro atoms. The third kappa shape index (κ3) is 16.7. The van der Waals surface area contributed by atoms with Crippen LogP contribution in [-0.4, -0.2) is 180 Å². The Morgan fingerprint density at radius 1 is 0.562 bits per heavy atom. The normalized spacial score (nSPS) is 17.6. The Bertz CT molecular complexity index is 4610. The second-order valence-corrected chi connectivity index (χ2v) is 26.1. The fraction of sp³-hybridized carbons (Fsp3) is 0.452. The van der Waals surface area contributed by atoms with Crippen molar-refractivity contribution in [3.8, 4) is 22.8 Å². The molecule has 32 heteroatoms. The maximum atomic E-state index is 14.0. The first kappa shape index (κ1) is 76.8. The SMILES string of the molecule is CC[C@@H](CC(=O)NCC(=O)O[C@]1(CC)C(=O)OCc2c1cc1n(c2=O)Cc2cc3ccccc3nc2-1)C(=O)NCCCC(=O)[C@H](O)[C@@H](O)[C@@H](O)[C@H](O)C(=O)NCCCC(=O)[C@H](CC(=O)NCC(=O)O[C@]1(CC)C(=O)OCc2c1cc1n(c2=O)Cc2cc3ccccc3nc2-1)NC(=O)CCOCCC(C)=O. The smallest absolute Gasteiger partial charge is 0.355 e. The minimum absolute atomic E-state index is 0.0119. The van der Waals surface area contributed by atoms with Gasteiger partial charge in [0.15, 0.2) is 17.7 Å². The number of pyridine rings is 4. The van der Waals surface area contributed by atoms with Crippen molar-refractivity contribution in [1.29, 1.82) is 0 Å². The molecule has 9 N–H and O–H groups in total. The maximum Gasteiger partial charge on any atom is 0.355 e. The van der Waals surface area contributed by atoms with Gasteiger partial charge in [-0.25, -0.2) is 19.6 Å². The monoisotopic (exact) mass is 1450 g/mol. The molecule has 6 aromatic rings. The molecule has 8 heterocycles. The summed E-state index contributed by atoms with van der Waals surface area (Å²) in [7, 11) is 0. The maximum absolute atomic E-state index is 14.0. The van der Waals surface area contributed by atoms with Crippen molar-refractivity contribution < 1.29 is 102 Å². The van der Waals surface area contributed by atoms with Gasteiger partial charge < -0.3 is 79.8 Å². The van der Waals surface area contributed by atoms with E-state index in [1.165, 1.54) is 16.1 Å². The van der Waals surface area contributed by atoms with Gasteiger partial charge in [0.2, 0.25) is 34.8 Å². The van der Waals surface area contributed by atoms with Crippen LogP contribution in [0.4, 0.5) is 0 Å². The number of para-hydroxylation sites is 2. The van der Waals surface area contributed by atoms with E-state index >= 15 is 0 Å². The van der Waals surface area contributed by atoms with Crippen molar-refractivity contribution in [2.45, 2.75) is 166 Å². The second-order valence-electron chi connectivity index (χ2n) is 26.1. The number of esters is 4. The zero-order chi connectivity index (χ0) is 75.6. The molecule has 10 rings (SSSR count). The van der Waals surface area contributed by atoms with Crippen LogP contribution in [0, 0.1) is 5.92 Å². The van der Waals surface area contributed by atoms with E-state index in [9.17, 15) is 87.5 Å². The topological polar surface area (TPSA) is 462 Å². The third-order valence-corrected chi connectivity index (χ3v) is 19.1. The van der Waals surface area contributed by atoms with Crippen molar-refractivity contribution in [3.05, 3.63) is 127 Å². The van der Waals surface area contributed by atoms with Crippen molar-refractivity contribution in [2.24, 2.45) is 5.92 Å². The number of fused-ring (bicyclic) bond motifs is 10. The summed E-state index contributed by atoms with van der Waals surface area (Å²) in [6.07, 6.45) is -12.4. The summed E-state index contributed by atoms with van der Waals surface area (Å²) < 4.78 is 30.8. The van der Waals surface area contributed by atoms with Crippen LogP contribution in [0.5, 0.6) is 0 Å². The zero-order valence-electron chi connectivity index (χ0n) is 58.1. The molecule has 0 fully saturated rings. The Hall–Kier alpha value is -10.8. The van der Waals surface area contributed by atoms with Crippen LogP contribution < -0.4 is 37.7 Å². The van der Waals surface area contributed by atoms with Crippen LogP contribution in [0.2, 0.25) is 0 Å². The number of nitrogens with zero attached hydrogens (tertiary/aromatic N) is 4. The molecule has 8 atom stereocenters. The summed E-state index contributed by atoms with van der Waals surface area (Å²) in [6, 6.07) is 20.3. The summed E-state index contributed by atoms with van der Waals surface area (Å²) >= 11 is 0. The van der Waals surface area contributed by atoms with E-state index in [2.05, 4.69) is 26.6 Å². The van der Waals surface area contributed by atoms with Crippen molar-refractivity contribution >= 4 is 92.6 Å². The van der Waals surface area contributed by atoms with Crippen LogP contribution in [0.1, 0.15) is 132 Å². The lowest BCUT2D eigenvalue weighted by Gasteiger charge is -2.35. The van der Waals surface area contributed by atoms with Crippen molar-refractivity contribution in [2.75, 3.05) is 39.4 Å². The Morgan fingerprint density at radius 2 is 1.03 bits per heavy atom. The average molecular weight is 1450 g/mol. The van der Waals surface area contributed by atoms with Gasteiger partial charge in [0.25, 0.3) is 17.0 Å². The van der Waals surface area contributed by atoms with E-state index in [4.69, 9.17) is 33.7 Å². The molecular formula is C73H81N9O23. The first-order valence-electron chi connectivity index (χ1n) is 34.6. The molecule has 2 aromatic carbocycles. The number of hydrogen-bond donors (Lipinski definition) is 9. The van der Waals surface area contributed by atoms with Gasteiger partial charge in [0.1, 0.15) is 50.4 Å². The molecule has 5 amide bonds. The number of amides is 5. The third-order valence-electron chi connectivity index (χ3n) is 19.1. The number of rotatable bonds is 35. The number of carbonyl (C=O) groups is 12. The van der Waals surface area contributed by atoms with E-state index in [1.807, 2.05) is 60.7 Å². The van der Waals surface area contributed by atoms with E-state index in [1.54, 1.807) is 32.9 Å². The first-order chi connectivity index (χ1) is 50.2. The molecule has 0 radical (unpaired) electrons. The minimum Gasteiger partial charge on any atom is -0.457 e. The molecule has 4 aromatic heterocycles. The Labute approximate surface area is 598 Å². The van der Waals surface area contributed by atoms with Gasteiger partial charge in [-0.05, 0) is 75.4 Å². The first-order valence-corrected chi connectivity index (χ1v) is 34.6. The highest BCUT2D eigenvalue weighted by molar-refractivity contribution is 5.96. The zero-order valence-corrected chi connectivity index (χ0v) is 58.1. The Kier molecular flexibility index (Phi) is 24.4. The number of ether oxygens (including phenoxy) is 5. The molecular weight excluding hydrogens is 1370 g/mol. The standard InChI is InChI=1S/C73H81N9O23/c1-5-39(28-56(87)76-32-58(89)104-72(6-2)46-29-51-60-42(26-40-14-8-10-16-48(40)79-60)34-81(51)68(97)44(46)36-102-70(72)99)66(95)74-22-13-19-54(85)62(91)63(92)64(93)65(94)67(96)75-23-12-18-53(84)50(78-55(86)21-25-101-24-20-38(4)83)31-57(88)77-33-59(90)105-73(7-3)47-30-52-61-43(27-41-15-9-11-17-49(41)80-61)35-82(52)69(98)45(47)37-103-71(73)100/h8-11,14-17,26-27,29-30,39,50,62-65,91-94H,5-7,12-13,18-25,28,31-37H2,1-4H3,(H,74,95)(H,75,96)(H,76,87)(H,77,88)(H,78,86)/t39-,50-,62-,63+,64+,65-,72-,73-/m0/s1. The van der Waals surface area contributed by atoms with Gasteiger partial charge in [-0.1, -0.05) is 57.2 Å². The summed E-state index contributed by atoms with van der Waals surface area (Å²) in [5.41, 5.74) is 0.0695. The van der Waals surface area contributed by atoms with Crippen molar-refractivity contribution in [1.82, 2.24) is 45.7 Å². The van der Waals surface area contributed by atoms with Gasteiger partial charge in [0.05, 0.1) is 83.7 Å². The molecule has 0 saturated carbocycles. The number of ketones is 3. The van der Waals surface area contributed by atoms with E-state index in [0.29, 0.717) is 33.8 Å². The number of Topliss-reactive ketones (excluding diaryl/α,β-unsaturated/α-hetero) is 3. The lowest BCUT2D eigenvalue weighted by molar-refractivity contribution is -0.189. The van der Waals surface area contributed by atoms with E-state index < -0.39 is 169 Å². The van der Waals surface area contributed by atoms with Gasteiger partial charge in [-0.3, -0.25) is 57.5 Å². The van der Waals surface area contributed by atoms with Crippen LogP contribution >= 0.6 is 0 Å². The molecule has 0 unspecified atom stereocenters. The molecule has 0 bridgehead atoms. The lowest BCUT2D eigenvalue weighted by Crippen LogP contribution is -2.52. The van der Waals surface area contributed by atoms with Crippen LogP contribution in [-0.2, 0) is 119 Å². The van der Waals surface area contributed by atoms with Crippen LogP contribution in [0.25, 0.3) is 44.6 Å². The van der Waals surface area contributed by atoms with Gasteiger partial charge in [0, 0.05) is 84.1 Å². The number of aliphatic hydroxyl groups is 4.